The van der Waals surface area contributed by atoms with E-state index in [-0.39, 0.29) is 24.0 Å². The number of nitrogens with one attached hydrogen (secondary N) is 1. The largest absolute Gasteiger partial charge is 0.379 e. The van der Waals surface area contributed by atoms with Crippen LogP contribution in [0.3, 0.4) is 0 Å². The minimum Gasteiger partial charge on any atom is -0.379 e. The molecule has 0 bridgehead atoms. The first-order valence-corrected chi connectivity index (χ1v) is 8.82. The van der Waals surface area contributed by atoms with Gasteiger partial charge in [-0.2, -0.15) is 0 Å². The van der Waals surface area contributed by atoms with E-state index in [4.69, 9.17) is 32.7 Å². The van der Waals surface area contributed by atoms with Gasteiger partial charge in [0.2, 0.25) is 5.91 Å². The van der Waals surface area contributed by atoms with E-state index in [0.29, 0.717) is 29.6 Å². The maximum atomic E-state index is 11.4. The fraction of sp³-hybridized carbons (Fsp3) is 0.588. The van der Waals surface area contributed by atoms with Gasteiger partial charge < -0.3 is 14.8 Å². The molecule has 3 unspecified atom stereocenters. The highest BCUT2D eigenvalue weighted by Gasteiger charge is 2.28. The molecule has 2 saturated heterocycles. The van der Waals surface area contributed by atoms with Crippen LogP contribution in [-0.4, -0.2) is 31.8 Å². The van der Waals surface area contributed by atoms with Crippen LogP contribution in [-0.2, 0) is 14.3 Å². The molecular formula is C17H21Cl2NO3. The van der Waals surface area contributed by atoms with Crippen molar-refractivity contribution >= 4 is 29.1 Å². The minimum atomic E-state index is -0.103. The van der Waals surface area contributed by atoms with Gasteiger partial charge in [-0.3, -0.25) is 4.79 Å². The van der Waals surface area contributed by atoms with Crippen LogP contribution < -0.4 is 5.32 Å². The third-order valence-corrected chi connectivity index (χ3v) is 5.14. The summed E-state index contributed by atoms with van der Waals surface area (Å²) in [6, 6.07) is 5.61. The Labute approximate surface area is 146 Å². The van der Waals surface area contributed by atoms with Gasteiger partial charge in [0.15, 0.2) is 0 Å². The van der Waals surface area contributed by atoms with Gasteiger partial charge in [0.25, 0.3) is 0 Å². The summed E-state index contributed by atoms with van der Waals surface area (Å²) in [5.41, 5.74) is 1.00. The van der Waals surface area contributed by atoms with Crippen LogP contribution in [0.25, 0.3) is 0 Å². The van der Waals surface area contributed by atoms with Crippen molar-refractivity contribution in [1.29, 1.82) is 0 Å². The lowest BCUT2D eigenvalue weighted by atomic mass is 9.95. The van der Waals surface area contributed by atoms with E-state index in [9.17, 15) is 4.79 Å². The highest BCUT2D eigenvalue weighted by Crippen LogP contribution is 2.34. The second kappa shape index (κ2) is 7.84. The molecule has 23 heavy (non-hydrogen) atoms. The summed E-state index contributed by atoms with van der Waals surface area (Å²) in [5.74, 6) is 0.398. The number of hydrogen-bond donors (Lipinski definition) is 1. The van der Waals surface area contributed by atoms with Crippen LogP contribution in [0.1, 0.15) is 37.4 Å². The average Bonchev–Trinajstić information content (AvgIpc) is 2.95. The number of carbonyl (C=O) groups excluding carboxylic acids is 1. The van der Waals surface area contributed by atoms with Gasteiger partial charge in [-0.15, -0.1) is 0 Å². The fourth-order valence-corrected chi connectivity index (χ4v) is 3.47. The molecule has 2 fully saturated rings. The summed E-state index contributed by atoms with van der Waals surface area (Å²) >= 11 is 12.2. The lowest BCUT2D eigenvalue weighted by Crippen LogP contribution is -2.28. The van der Waals surface area contributed by atoms with Crippen LogP contribution in [0, 0.1) is 5.92 Å². The van der Waals surface area contributed by atoms with E-state index in [1.165, 1.54) is 0 Å². The lowest BCUT2D eigenvalue weighted by Gasteiger charge is -2.29. The molecule has 0 aliphatic carbocycles. The third-order valence-electron chi connectivity index (χ3n) is 4.40. The van der Waals surface area contributed by atoms with Crippen LogP contribution >= 0.6 is 23.2 Å². The second-order valence-corrected chi connectivity index (χ2v) is 7.06. The van der Waals surface area contributed by atoms with Crippen molar-refractivity contribution in [2.45, 2.75) is 37.9 Å². The third kappa shape index (κ3) is 4.60. The van der Waals surface area contributed by atoms with Gasteiger partial charge in [0, 0.05) is 19.6 Å². The molecule has 4 nitrogen and oxygen atoms in total. The first-order chi connectivity index (χ1) is 11.1. The second-order valence-electron chi connectivity index (χ2n) is 6.25. The Morgan fingerprint density at radius 2 is 2.22 bits per heavy atom. The Balaban J connectivity index is 1.73. The molecule has 0 spiro atoms. The first-order valence-electron chi connectivity index (χ1n) is 8.06. The highest BCUT2D eigenvalue weighted by atomic mass is 35.5. The molecule has 2 aliphatic heterocycles. The summed E-state index contributed by atoms with van der Waals surface area (Å²) in [7, 11) is 0. The molecule has 3 rings (SSSR count). The summed E-state index contributed by atoms with van der Waals surface area (Å²) in [6.07, 6.45) is 3.35. The molecule has 1 N–H and O–H groups in total. The van der Waals surface area contributed by atoms with Crippen molar-refractivity contribution in [3.8, 4) is 0 Å². The maximum Gasteiger partial charge on any atom is 0.220 e. The zero-order chi connectivity index (χ0) is 16.2. The van der Waals surface area contributed by atoms with Crippen molar-refractivity contribution in [3.63, 3.8) is 0 Å². The Hall–Kier alpha value is -0.810. The van der Waals surface area contributed by atoms with Crippen LogP contribution in [0.2, 0.25) is 10.0 Å². The van der Waals surface area contributed by atoms with Crippen LogP contribution in [0.15, 0.2) is 18.2 Å². The molecule has 6 heteroatoms. The van der Waals surface area contributed by atoms with E-state index in [0.717, 1.165) is 31.4 Å². The molecule has 1 amide bonds. The molecule has 1 aromatic rings. The normalized spacial score (nSPS) is 26.1. The van der Waals surface area contributed by atoms with Crippen molar-refractivity contribution < 1.29 is 14.3 Å². The van der Waals surface area contributed by atoms with Crippen molar-refractivity contribution in [2.75, 3.05) is 19.8 Å². The number of rotatable bonds is 5. The molecule has 0 saturated carbocycles. The Bertz CT molecular complexity index is 561. The molecular weight excluding hydrogens is 337 g/mol. The molecule has 0 radical (unpaired) electrons. The Kier molecular flexibility index (Phi) is 5.81. The van der Waals surface area contributed by atoms with Crippen molar-refractivity contribution in [1.82, 2.24) is 5.32 Å². The molecule has 1 aromatic carbocycles. The van der Waals surface area contributed by atoms with Gasteiger partial charge in [-0.1, -0.05) is 29.3 Å². The van der Waals surface area contributed by atoms with Gasteiger partial charge in [-0.05, 0) is 42.9 Å². The van der Waals surface area contributed by atoms with E-state index >= 15 is 0 Å². The quantitative estimate of drug-likeness (QED) is 0.872. The van der Waals surface area contributed by atoms with Crippen molar-refractivity contribution in [2.24, 2.45) is 5.92 Å². The maximum absolute atomic E-state index is 11.4. The summed E-state index contributed by atoms with van der Waals surface area (Å²) in [5, 5.41) is 3.95. The summed E-state index contributed by atoms with van der Waals surface area (Å²) in [6.45, 7) is 2.14. The minimum absolute atomic E-state index is 0.0910. The number of hydrogen-bond acceptors (Lipinski definition) is 3. The number of halogens is 2. The van der Waals surface area contributed by atoms with Crippen molar-refractivity contribution in [3.05, 3.63) is 33.8 Å². The highest BCUT2D eigenvalue weighted by molar-refractivity contribution is 6.42. The number of benzene rings is 1. The molecule has 0 aromatic heterocycles. The van der Waals surface area contributed by atoms with E-state index in [2.05, 4.69) is 5.32 Å². The summed E-state index contributed by atoms with van der Waals surface area (Å²) < 4.78 is 11.8. The molecule has 3 atom stereocenters. The zero-order valence-electron chi connectivity index (χ0n) is 12.9. The van der Waals surface area contributed by atoms with E-state index in [1.807, 2.05) is 12.1 Å². The Morgan fingerprint density at radius 1 is 1.35 bits per heavy atom. The molecule has 126 valence electrons. The average molecular weight is 358 g/mol. The first kappa shape index (κ1) is 17.0. The molecule has 2 aliphatic rings. The number of ether oxygens (including phenoxy) is 2. The predicted octanol–water partition coefficient (Wildman–Crippen LogP) is 3.76. The molecule has 2 heterocycles. The topological polar surface area (TPSA) is 47.6 Å². The van der Waals surface area contributed by atoms with E-state index < -0.39 is 0 Å². The van der Waals surface area contributed by atoms with Crippen LogP contribution in [0.5, 0.6) is 0 Å². The van der Waals surface area contributed by atoms with Gasteiger partial charge >= 0.3 is 0 Å². The number of carbonyl (C=O) groups is 1. The van der Waals surface area contributed by atoms with Crippen LogP contribution in [0.4, 0.5) is 0 Å². The van der Waals surface area contributed by atoms with E-state index in [1.54, 1.807) is 6.07 Å². The zero-order valence-corrected chi connectivity index (χ0v) is 14.4. The summed E-state index contributed by atoms with van der Waals surface area (Å²) in [4.78, 5) is 11.4. The monoisotopic (exact) mass is 357 g/mol. The standard InChI is InChI=1S/C17H21Cl2NO3/c18-14-4-3-12(8-15(14)19)16(6-11-7-17(21)20-9-11)23-13-2-1-5-22-10-13/h3-4,8,11,13,16H,1-2,5-7,9-10H2,(H,20,21). The van der Waals surface area contributed by atoms with Gasteiger partial charge in [-0.25, -0.2) is 0 Å². The fourth-order valence-electron chi connectivity index (χ4n) is 3.17. The Morgan fingerprint density at radius 3 is 2.87 bits per heavy atom. The van der Waals surface area contributed by atoms with Gasteiger partial charge in [0.1, 0.15) is 0 Å². The SMILES string of the molecule is O=C1CC(CC(OC2CCCOC2)c2ccc(Cl)c(Cl)c2)CN1. The van der Waals surface area contributed by atoms with Gasteiger partial charge in [0.05, 0.1) is 28.9 Å². The predicted molar refractivity (Wildman–Crippen MR) is 89.9 cm³/mol. The lowest BCUT2D eigenvalue weighted by molar-refractivity contribution is -0.119. The smallest absolute Gasteiger partial charge is 0.220 e. The number of amides is 1.